The number of amides is 1. The number of hydrogen-bond acceptors (Lipinski definition) is 2. The number of nitrogens with two attached hydrogens (primary N) is 1. The van der Waals surface area contributed by atoms with Gasteiger partial charge < -0.3 is 10.6 Å². The van der Waals surface area contributed by atoms with Crippen LogP contribution in [0.15, 0.2) is 0 Å². The number of carbonyl (C=O) groups is 1. The summed E-state index contributed by atoms with van der Waals surface area (Å²) < 4.78 is 0. The van der Waals surface area contributed by atoms with Crippen molar-refractivity contribution >= 4 is 5.91 Å². The van der Waals surface area contributed by atoms with E-state index < -0.39 is 0 Å². The average Bonchev–Trinajstić information content (AvgIpc) is 2.47. The molecule has 0 aromatic rings. The van der Waals surface area contributed by atoms with Gasteiger partial charge in [-0.15, -0.1) is 0 Å². The number of rotatable bonds is 9. The number of hydrogen-bond donors (Lipinski definition) is 1. The van der Waals surface area contributed by atoms with Gasteiger partial charge in [0.25, 0.3) is 0 Å². The molecule has 0 aliphatic heterocycles. The third-order valence-corrected chi connectivity index (χ3v) is 4.71. The molecule has 0 aromatic heterocycles. The van der Waals surface area contributed by atoms with Crippen molar-refractivity contribution in [2.24, 2.45) is 11.7 Å². The van der Waals surface area contributed by atoms with E-state index in [1.807, 2.05) is 0 Å². The van der Waals surface area contributed by atoms with Crippen LogP contribution >= 0.6 is 0 Å². The third-order valence-electron chi connectivity index (χ3n) is 4.71. The molecule has 1 unspecified atom stereocenters. The number of carbonyl (C=O) groups excluding carboxylic acids is 1. The molecule has 1 saturated carbocycles. The molecular weight excluding hydrogens is 248 g/mol. The molecule has 1 fully saturated rings. The summed E-state index contributed by atoms with van der Waals surface area (Å²) in [5.41, 5.74) is 5.67. The Hall–Kier alpha value is -0.570. The molecule has 0 aromatic carbocycles. The lowest BCUT2D eigenvalue weighted by atomic mass is 9.92. The van der Waals surface area contributed by atoms with E-state index in [2.05, 4.69) is 18.7 Å². The molecule has 0 bridgehead atoms. The molecule has 1 aliphatic rings. The fraction of sp³-hybridized carbons (Fsp3) is 0.941. The fourth-order valence-corrected chi connectivity index (χ4v) is 3.58. The molecule has 0 spiro atoms. The van der Waals surface area contributed by atoms with Gasteiger partial charge in [0.05, 0.1) is 0 Å². The second-order valence-corrected chi connectivity index (χ2v) is 6.24. The second-order valence-electron chi connectivity index (χ2n) is 6.24. The van der Waals surface area contributed by atoms with Crippen molar-refractivity contribution in [1.82, 2.24) is 4.90 Å². The van der Waals surface area contributed by atoms with Crippen LogP contribution in [0.25, 0.3) is 0 Å². The maximum atomic E-state index is 12.5. The van der Waals surface area contributed by atoms with Crippen LogP contribution in [0.1, 0.15) is 78.1 Å². The van der Waals surface area contributed by atoms with Crippen LogP contribution in [0.3, 0.4) is 0 Å². The average molecular weight is 282 g/mol. The molecule has 118 valence electrons. The summed E-state index contributed by atoms with van der Waals surface area (Å²) in [5, 5.41) is 0. The lowest BCUT2D eigenvalue weighted by Gasteiger charge is -2.34. The maximum absolute atomic E-state index is 12.5. The van der Waals surface area contributed by atoms with Gasteiger partial charge in [-0.25, -0.2) is 0 Å². The maximum Gasteiger partial charge on any atom is 0.222 e. The van der Waals surface area contributed by atoms with E-state index in [9.17, 15) is 4.79 Å². The van der Waals surface area contributed by atoms with E-state index in [1.165, 1.54) is 44.9 Å². The van der Waals surface area contributed by atoms with Crippen molar-refractivity contribution in [3.63, 3.8) is 0 Å². The summed E-state index contributed by atoms with van der Waals surface area (Å²) in [6.07, 6.45) is 11.6. The molecule has 20 heavy (non-hydrogen) atoms. The van der Waals surface area contributed by atoms with Gasteiger partial charge in [-0.1, -0.05) is 39.0 Å². The normalized spacial score (nSPS) is 17.9. The lowest BCUT2D eigenvalue weighted by Crippen LogP contribution is -2.41. The second kappa shape index (κ2) is 10.2. The largest absolute Gasteiger partial charge is 0.340 e. The van der Waals surface area contributed by atoms with Crippen molar-refractivity contribution in [3.05, 3.63) is 0 Å². The van der Waals surface area contributed by atoms with Gasteiger partial charge in [0.15, 0.2) is 0 Å². The van der Waals surface area contributed by atoms with Crippen molar-refractivity contribution in [3.8, 4) is 0 Å². The van der Waals surface area contributed by atoms with Crippen molar-refractivity contribution in [1.29, 1.82) is 0 Å². The minimum absolute atomic E-state index is 0.373. The first-order valence-corrected chi connectivity index (χ1v) is 8.72. The van der Waals surface area contributed by atoms with E-state index in [0.717, 1.165) is 32.4 Å². The summed E-state index contributed by atoms with van der Waals surface area (Å²) in [4.78, 5) is 14.6. The number of nitrogens with zero attached hydrogens (tertiary/aromatic N) is 1. The molecule has 1 aliphatic carbocycles. The fourth-order valence-electron chi connectivity index (χ4n) is 3.58. The van der Waals surface area contributed by atoms with Gasteiger partial charge in [0.1, 0.15) is 0 Å². The summed E-state index contributed by atoms with van der Waals surface area (Å²) in [5.74, 6) is 1.01. The first kappa shape index (κ1) is 17.5. The zero-order valence-electron chi connectivity index (χ0n) is 13.6. The first-order valence-electron chi connectivity index (χ1n) is 8.72. The van der Waals surface area contributed by atoms with Gasteiger partial charge in [0.2, 0.25) is 5.91 Å². The molecule has 2 N–H and O–H groups in total. The molecule has 0 saturated heterocycles. The van der Waals surface area contributed by atoms with Crippen LogP contribution in [-0.2, 0) is 4.79 Å². The topological polar surface area (TPSA) is 46.3 Å². The zero-order valence-corrected chi connectivity index (χ0v) is 13.6. The molecule has 0 heterocycles. The van der Waals surface area contributed by atoms with Crippen LogP contribution in [0.5, 0.6) is 0 Å². The molecule has 3 heteroatoms. The van der Waals surface area contributed by atoms with Crippen LogP contribution in [0, 0.1) is 5.92 Å². The SMILES string of the molecule is CCCC(CCN)CCC(=O)N(CC)C1CCCCC1. The Morgan fingerprint density at radius 2 is 1.85 bits per heavy atom. The van der Waals surface area contributed by atoms with Crippen LogP contribution < -0.4 is 5.73 Å². The van der Waals surface area contributed by atoms with Crippen molar-refractivity contribution in [2.45, 2.75) is 84.1 Å². The lowest BCUT2D eigenvalue weighted by molar-refractivity contribution is -0.134. The molecule has 1 rings (SSSR count). The Bertz CT molecular complexity index is 256. The van der Waals surface area contributed by atoms with Crippen LogP contribution in [0.4, 0.5) is 0 Å². The predicted octanol–water partition coefficient (Wildman–Crippen LogP) is 3.71. The Kier molecular flexibility index (Phi) is 8.92. The molecular formula is C17H34N2O. The minimum Gasteiger partial charge on any atom is -0.340 e. The highest BCUT2D eigenvalue weighted by Gasteiger charge is 2.24. The molecule has 0 radical (unpaired) electrons. The van der Waals surface area contributed by atoms with Gasteiger partial charge in [-0.2, -0.15) is 0 Å². The van der Waals surface area contributed by atoms with E-state index in [4.69, 9.17) is 5.73 Å². The predicted molar refractivity (Wildman–Crippen MR) is 85.6 cm³/mol. The van der Waals surface area contributed by atoms with Crippen molar-refractivity contribution in [2.75, 3.05) is 13.1 Å². The molecule has 3 nitrogen and oxygen atoms in total. The Labute approximate surface area is 125 Å². The quantitative estimate of drug-likeness (QED) is 0.700. The summed E-state index contributed by atoms with van der Waals surface area (Å²) >= 11 is 0. The molecule has 1 atom stereocenters. The highest BCUT2D eigenvalue weighted by molar-refractivity contribution is 5.76. The van der Waals surface area contributed by atoms with Gasteiger partial charge >= 0.3 is 0 Å². The van der Waals surface area contributed by atoms with Gasteiger partial charge in [0, 0.05) is 19.0 Å². The monoisotopic (exact) mass is 282 g/mol. The highest BCUT2D eigenvalue weighted by atomic mass is 16.2. The first-order chi connectivity index (χ1) is 9.72. The van der Waals surface area contributed by atoms with Crippen LogP contribution in [-0.4, -0.2) is 29.9 Å². The van der Waals surface area contributed by atoms with E-state index in [0.29, 0.717) is 17.9 Å². The Morgan fingerprint density at radius 3 is 2.40 bits per heavy atom. The third kappa shape index (κ3) is 5.82. The van der Waals surface area contributed by atoms with Crippen molar-refractivity contribution < 1.29 is 4.79 Å². The zero-order chi connectivity index (χ0) is 14.8. The summed E-state index contributed by atoms with van der Waals surface area (Å²) in [6.45, 7) is 5.96. The highest BCUT2D eigenvalue weighted by Crippen LogP contribution is 2.24. The summed E-state index contributed by atoms with van der Waals surface area (Å²) in [7, 11) is 0. The standard InChI is InChI=1S/C17H34N2O/c1-3-8-15(13-14-18)11-12-17(20)19(4-2)16-9-6-5-7-10-16/h15-16H,3-14,18H2,1-2H3. The van der Waals surface area contributed by atoms with Gasteiger partial charge in [-0.3, -0.25) is 4.79 Å². The summed E-state index contributed by atoms with van der Waals surface area (Å²) in [6, 6.07) is 0.514. The Balaban J connectivity index is 2.41. The van der Waals surface area contributed by atoms with E-state index in [-0.39, 0.29) is 0 Å². The van der Waals surface area contributed by atoms with E-state index in [1.54, 1.807) is 0 Å². The Morgan fingerprint density at radius 1 is 1.15 bits per heavy atom. The smallest absolute Gasteiger partial charge is 0.222 e. The minimum atomic E-state index is 0.373. The van der Waals surface area contributed by atoms with E-state index >= 15 is 0 Å². The molecule has 1 amide bonds. The van der Waals surface area contributed by atoms with Gasteiger partial charge in [-0.05, 0) is 45.1 Å². The van der Waals surface area contributed by atoms with Crippen LogP contribution in [0.2, 0.25) is 0 Å².